The molecule has 5 nitrogen and oxygen atoms in total. The highest BCUT2D eigenvalue weighted by atomic mass is 16.2. The molecule has 0 bridgehead atoms. The first-order valence-electron chi connectivity index (χ1n) is 3.13. The maximum atomic E-state index is 10.9. The summed E-state index contributed by atoms with van der Waals surface area (Å²) in [5, 5.41) is 0. The maximum absolute atomic E-state index is 10.9. The number of rotatable bonds is 1. The highest BCUT2D eigenvalue weighted by molar-refractivity contribution is 6.23. The van der Waals surface area contributed by atoms with Crippen molar-refractivity contribution in [2.75, 3.05) is 14.1 Å². The fraction of sp³-hybridized carbons (Fsp3) is 0.333. The van der Waals surface area contributed by atoms with Crippen molar-refractivity contribution in [1.82, 2.24) is 10.3 Å². The van der Waals surface area contributed by atoms with Crippen molar-refractivity contribution in [2.45, 2.75) is 0 Å². The summed E-state index contributed by atoms with van der Waals surface area (Å²) in [6.07, 6.45) is 1.48. The number of aliphatic imine (C=N–C) groups is 1. The quantitative estimate of drug-likeness (QED) is 0.284. The second kappa shape index (κ2) is 2.71. The summed E-state index contributed by atoms with van der Waals surface area (Å²) in [4.78, 5) is 16.5. The van der Waals surface area contributed by atoms with Crippen LogP contribution < -0.4 is 11.3 Å². The Balaban J connectivity index is 2.60. The zero-order valence-electron chi connectivity index (χ0n) is 6.46. The molecule has 1 aliphatic rings. The second-order valence-electron chi connectivity index (χ2n) is 2.36. The van der Waals surface area contributed by atoms with Crippen molar-refractivity contribution < 1.29 is 4.79 Å². The molecule has 0 saturated carbocycles. The number of nitrogens with one attached hydrogen (secondary N) is 1. The van der Waals surface area contributed by atoms with Gasteiger partial charge in [-0.15, -0.1) is 0 Å². The lowest BCUT2D eigenvalue weighted by atomic mass is 10.2. The molecule has 0 unspecified atom stereocenters. The Hall–Kier alpha value is -1.36. The molecule has 3 N–H and O–H groups in total. The zero-order valence-corrected chi connectivity index (χ0v) is 6.46. The Kier molecular flexibility index (Phi) is 1.91. The van der Waals surface area contributed by atoms with Gasteiger partial charge in [0.1, 0.15) is 11.4 Å². The standard InChI is InChI=1S/C6H10N4O/c1-10(2)5-4(3-8-5)6(11)9-7/h3H,7H2,1-2H3,(H,9,11). The van der Waals surface area contributed by atoms with Gasteiger partial charge in [-0.1, -0.05) is 0 Å². The lowest BCUT2D eigenvalue weighted by Gasteiger charge is -2.21. The second-order valence-corrected chi connectivity index (χ2v) is 2.36. The lowest BCUT2D eigenvalue weighted by Crippen LogP contribution is -2.40. The van der Waals surface area contributed by atoms with Gasteiger partial charge in [-0.3, -0.25) is 10.2 Å². The van der Waals surface area contributed by atoms with Gasteiger partial charge in [-0.05, 0) is 0 Å². The Bertz CT molecular complexity index is 241. The van der Waals surface area contributed by atoms with Crippen LogP contribution in [0.25, 0.3) is 0 Å². The largest absolute Gasteiger partial charge is 0.362 e. The van der Waals surface area contributed by atoms with E-state index in [1.54, 1.807) is 4.90 Å². The summed E-state index contributed by atoms with van der Waals surface area (Å²) in [5.41, 5.74) is 2.56. The first-order valence-corrected chi connectivity index (χ1v) is 3.13. The molecule has 0 spiro atoms. The minimum Gasteiger partial charge on any atom is -0.362 e. The van der Waals surface area contributed by atoms with Gasteiger partial charge in [0.15, 0.2) is 0 Å². The van der Waals surface area contributed by atoms with Crippen LogP contribution in [0, 0.1) is 0 Å². The number of amidine groups is 1. The number of hydrogen-bond acceptors (Lipinski definition) is 4. The molecule has 1 rings (SSSR count). The monoisotopic (exact) mass is 154 g/mol. The summed E-state index contributed by atoms with van der Waals surface area (Å²) in [6.45, 7) is 0. The van der Waals surface area contributed by atoms with E-state index < -0.39 is 0 Å². The molecule has 0 aromatic rings. The van der Waals surface area contributed by atoms with Crippen molar-refractivity contribution in [3.8, 4) is 0 Å². The fourth-order valence-corrected chi connectivity index (χ4v) is 0.781. The van der Waals surface area contributed by atoms with Crippen LogP contribution in [-0.4, -0.2) is 30.7 Å². The third-order valence-electron chi connectivity index (χ3n) is 1.36. The van der Waals surface area contributed by atoms with E-state index >= 15 is 0 Å². The molecule has 1 aliphatic heterocycles. The van der Waals surface area contributed by atoms with E-state index in [4.69, 9.17) is 5.84 Å². The van der Waals surface area contributed by atoms with Crippen molar-refractivity contribution in [3.05, 3.63) is 11.8 Å². The van der Waals surface area contributed by atoms with Crippen LogP contribution in [0.3, 0.4) is 0 Å². The maximum Gasteiger partial charge on any atom is 0.270 e. The fourth-order valence-electron chi connectivity index (χ4n) is 0.781. The predicted octanol–water partition coefficient (Wildman–Crippen LogP) is -1.17. The number of carbonyl (C=O) groups excluding carboxylic acids is 1. The third-order valence-corrected chi connectivity index (χ3v) is 1.36. The van der Waals surface area contributed by atoms with Crippen LogP contribution >= 0.6 is 0 Å². The van der Waals surface area contributed by atoms with Crippen LogP contribution in [0.15, 0.2) is 16.8 Å². The third kappa shape index (κ3) is 1.22. The minimum atomic E-state index is -0.302. The molecule has 0 aromatic heterocycles. The Labute approximate surface area is 64.5 Å². The molecule has 11 heavy (non-hydrogen) atoms. The van der Waals surface area contributed by atoms with Gasteiger partial charge in [0.05, 0.1) is 0 Å². The van der Waals surface area contributed by atoms with Crippen LogP contribution in [0.4, 0.5) is 0 Å². The zero-order chi connectivity index (χ0) is 8.43. The van der Waals surface area contributed by atoms with Crippen molar-refractivity contribution >= 4 is 11.7 Å². The van der Waals surface area contributed by atoms with Gasteiger partial charge in [-0.2, -0.15) is 0 Å². The highest BCUT2D eigenvalue weighted by Gasteiger charge is 2.21. The molecule has 0 atom stereocenters. The average Bonchev–Trinajstić information content (AvgIpc) is 1.83. The van der Waals surface area contributed by atoms with Crippen LogP contribution in [0.2, 0.25) is 0 Å². The summed E-state index contributed by atoms with van der Waals surface area (Å²) < 4.78 is 0. The van der Waals surface area contributed by atoms with Gasteiger partial charge < -0.3 is 4.90 Å². The van der Waals surface area contributed by atoms with E-state index in [0.29, 0.717) is 11.4 Å². The van der Waals surface area contributed by atoms with E-state index in [0.717, 1.165) is 0 Å². The van der Waals surface area contributed by atoms with Gasteiger partial charge in [0.2, 0.25) is 0 Å². The molecular weight excluding hydrogens is 144 g/mol. The SMILES string of the molecule is CN(C)C1=NC=C1C(=O)NN. The van der Waals surface area contributed by atoms with Crippen LogP contribution in [-0.2, 0) is 4.79 Å². The summed E-state index contributed by atoms with van der Waals surface area (Å²) >= 11 is 0. The van der Waals surface area contributed by atoms with Crippen molar-refractivity contribution in [2.24, 2.45) is 10.8 Å². The smallest absolute Gasteiger partial charge is 0.270 e. The van der Waals surface area contributed by atoms with Crippen LogP contribution in [0.1, 0.15) is 0 Å². The van der Waals surface area contributed by atoms with Gasteiger partial charge in [-0.25, -0.2) is 10.8 Å². The molecular formula is C6H10N4O. The van der Waals surface area contributed by atoms with Crippen LogP contribution in [0.5, 0.6) is 0 Å². The number of carbonyl (C=O) groups is 1. The molecule has 1 amide bonds. The van der Waals surface area contributed by atoms with E-state index in [2.05, 4.69) is 4.99 Å². The average molecular weight is 154 g/mol. The molecule has 1 heterocycles. The number of likely N-dealkylation sites (N-methyl/N-ethyl adjacent to an activating group) is 1. The van der Waals surface area contributed by atoms with E-state index in [-0.39, 0.29) is 5.91 Å². The Morgan fingerprint density at radius 1 is 1.73 bits per heavy atom. The molecule has 0 aromatic carbocycles. The topological polar surface area (TPSA) is 70.7 Å². The minimum absolute atomic E-state index is 0.302. The number of nitrogens with two attached hydrogens (primary N) is 1. The molecule has 0 saturated heterocycles. The number of hydrazine groups is 1. The molecule has 0 radical (unpaired) electrons. The first kappa shape index (κ1) is 7.74. The Morgan fingerprint density at radius 3 is 2.64 bits per heavy atom. The summed E-state index contributed by atoms with van der Waals surface area (Å²) in [7, 11) is 3.63. The predicted molar refractivity (Wildman–Crippen MR) is 41.5 cm³/mol. The number of amides is 1. The van der Waals surface area contributed by atoms with E-state index in [1.807, 2.05) is 19.5 Å². The number of nitrogens with zero attached hydrogens (tertiary/aromatic N) is 2. The Morgan fingerprint density at radius 2 is 2.36 bits per heavy atom. The van der Waals surface area contributed by atoms with Gasteiger partial charge in [0.25, 0.3) is 5.91 Å². The van der Waals surface area contributed by atoms with E-state index in [9.17, 15) is 4.79 Å². The molecule has 0 fully saturated rings. The van der Waals surface area contributed by atoms with Gasteiger partial charge >= 0.3 is 0 Å². The highest BCUT2D eigenvalue weighted by Crippen LogP contribution is 2.10. The molecule has 0 aliphatic carbocycles. The molecule has 5 heteroatoms. The van der Waals surface area contributed by atoms with Gasteiger partial charge in [0, 0.05) is 20.3 Å². The normalized spacial score (nSPS) is 14.5. The first-order chi connectivity index (χ1) is 5.16. The van der Waals surface area contributed by atoms with Crippen molar-refractivity contribution in [1.29, 1.82) is 0 Å². The summed E-state index contributed by atoms with van der Waals surface area (Å²) in [5.74, 6) is 5.29. The summed E-state index contributed by atoms with van der Waals surface area (Å²) in [6, 6.07) is 0. The molecule has 60 valence electrons. The van der Waals surface area contributed by atoms with E-state index in [1.165, 1.54) is 6.20 Å². The van der Waals surface area contributed by atoms with Crippen molar-refractivity contribution in [3.63, 3.8) is 0 Å². The lowest BCUT2D eigenvalue weighted by molar-refractivity contribution is -0.117. The number of hydrogen-bond donors (Lipinski definition) is 2.